The summed E-state index contributed by atoms with van der Waals surface area (Å²) < 4.78 is 40.9. The van der Waals surface area contributed by atoms with Gasteiger partial charge in [0.2, 0.25) is 0 Å². The van der Waals surface area contributed by atoms with Crippen LogP contribution in [0.2, 0.25) is 5.02 Å². The van der Waals surface area contributed by atoms with Gasteiger partial charge in [0.05, 0.1) is 12.7 Å². The average molecular weight is 324 g/mol. The highest BCUT2D eigenvalue weighted by molar-refractivity contribution is 6.31. The summed E-state index contributed by atoms with van der Waals surface area (Å²) in [7, 11) is 1.25. The van der Waals surface area contributed by atoms with Gasteiger partial charge in [-0.1, -0.05) is 11.6 Å². The molecule has 0 aromatic heterocycles. The van der Waals surface area contributed by atoms with E-state index in [2.05, 4.69) is 10.1 Å². The molecule has 1 aromatic carbocycles. The number of methoxy groups -OCH3 is 1. The van der Waals surface area contributed by atoms with E-state index in [0.717, 1.165) is 0 Å². The van der Waals surface area contributed by atoms with Crippen LogP contribution in [0.5, 0.6) is 0 Å². The lowest BCUT2D eigenvalue weighted by atomic mass is 10.1. The maximum Gasteiger partial charge on any atom is 0.389 e. The zero-order chi connectivity index (χ0) is 16.0. The maximum absolute atomic E-state index is 12.1. The first-order chi connectivity index (χ1) is 9.73. The van der Waals surface area contributed by atoms with Crippen LogP contribution in [0.25, 0.3) is 0 Å². The molecule has 0 aliphatic heterocycles. The second kappa shape index (κ2) is 7.54. The van der Waals surface area contributed by atoms with Crippen molar-refractivity contribution in [2.24, 2.45) is 0 Å². The molecule has 0 amide bonds. The minimum atomic E-state index is -4.14. The fourth-order valence-corrected chi connectivity index (χ4v) is 2.04. The van der Waals surface area contributed by atoms with Crippen molar-refractivity contribution < 1.29 is 22.7 Å². The van der Waals surface area contributed by atoms with E-state index in [9.17, 15) is 18.0 Å². The van der Waals surface area contributed by atoms with E-state index in [1.54, 1.807) is 19.1 Å². The van der Waals surface area contributed by atoms with E-state index >= 15 is 0 Å². The minimum Gasteiger partial charge on any atom is -0.465 e. The number of carbonyl (C=O) groups is 1. The van der Waals surface area contributed by atoms with Crippen molar-refractivity contribution in [1.82, 2.24) is 0 Å². The molecule has 7 heteroatoms. The molecule has 0 saturated carbocycles. The molecule has 0 aliphatic rings. The molecular formula is C14H17ClF3NO2. The summed E-state index contributed by atoms with van der Waals surface area (Å²) in [4.78, 5) is 11.6. The highest BCUT2D eigenvalue weighted by atomic mass is 35.5. The van der Waals surface area contributed by atoms with Crippen molar-refractivity contribution in [2.45, 2.75) is 38.4 Å². The first-order valence-electron chi connectivity index (χ1n) is 6.44. The van der Waals surface area contributed by atoms with Crippen molar-refractivity contribution >= 4 is 23.3 Å². The molecule has 1 N–H and O–H groups in total. The number of nitrogens with one attached hydrogen (secondary N) is 1. The molecule has 21 heavy (non-hydrogen) atoms. The third-order valence-electron chi connectivity index (χ3n) is 2.89. The Balaban J connectivity index is 2.67. The fraction of sp³-hybridized carbons (Fsp3) is 0.500. The van der Waals surface area contributed by atoms with Crippen molar-refractivity contribution in [3.05, 3.63) is 28.8 Å². The summed E-state index contributed by atoms with van der Waals surface area (Å²) in [5.41, 5.74) is 0.749. The van der Waals surface area contributed by atoms with Crippen molar-refractivity contribution in [2.75, 3.05) is 12.4 Å². The van der Waals surface area contributed by atoms with Crippen LogP contribution >= 0.6 is 11.6 Å². The van der Waals surface area contributed by atoms with E-state index < -0.39 is 18.6 Å². The van der Waals surface area contributed by atoms with Crippen LogP contribution in [0.3, 0.4) is 0 Å². The number of alkyl halides is 3. The Kier molecular flexibility index (Phi) is 6.33. The van der Waals surface area contributed by atoms with Gasteiger partial charge in [-0.25, -0.2) is 4.79 Å². The Bertz CT molecular complexity index is 492. The minimum absolute atomic E-state index is 0.0266. The lowest BCUT2D eigenvalue weighted by molar-refractivity contribution is -0.135. The van der Waals surface area contributed by atoms with Crippen LogP contribution in [0, 0.1) is 0 Å². The van der Waals surface area contributed by atoms with Crippen molar-refractivity contribution in [3.8, 4) is 0 Å². The van der Waals surface area contributed by atoms with Gasteiger partial charge >= 0.3 is 12.1 Å². The van der Waals surface area contributed by atoms with Gasteiger partial charge in [-0.05, 0) is 38.0 Å². The number of ether oxygens (including phenoxy) is 1. The van der Waals surface area contributed by atoms with Gasteiger partial charge in [0, 0.05) is 23.2 Å². The number of rotatable bonds is 6. The zero-order valence-electron chi connectivity index (χ0n) is 11.8. The summed E-state index contributed by atoms with van der Waals surface area (Å²) in [6.07, 6.45) is -4.60. The van der Waals surface area contributed by atoms with Crippen molar-refractivity contribution in [1.29, 1.82) is 0 Å². The number of anilines is 1. The molecule has 0 spiro atoms. The standard InChI is InChI=1S/C14H17ClF3NO2/c1-9(4-3-7-14(16,17)18)19-12-6-5-10(15)8-11(12)13(20)21-2/h5-6,8-9,19H,3-4,7H2,1-2H3. The van der Waals surface area contributed by atoms with Crippen LogP contribution in [0.15, 0.2) is 18.2 Å². The number of halogens is 4. The third-order valence-corrected chi connectivity index (χ3v) is 3.12. The molecule has 118 valence electrons. The Morgan fingerprint density at radius 2 is 2.10 bits per heavy atom. The number of carbonyl (C=O) groups excluding carboxylic acids is 1. The second-order valence-electron chi connectivity index (χ2n) is 4.73. The third kappa shape index (κ3) is 6.25. The number of hydrogen-bond acceptors (Lipinski definition) is 3. The van der Waals surface area contributed by atoms with Gasteiger partial charge in [-0.3, -0.25) is 0 Å². The van der Waals surface area contributed by atoms with Gasteiger partial charge in [-0.15, -0.1) is 0 Å². The molecular weight excluding hydrogens is 307 g/mol. The molecule has 1 atom stereocenters. The smallest absolute Gasteiger partial charge is 0.389 e. The molecule has 0 aliphatic carbocycles. The zero-order valence-corrected chi connectivity index (χ0v) is 12.5. The largest absolute Gasteiger partial charge is 0.465 e. The Hall–Kier alpha value is -1.43. The van der Waals surface area contributed by atoms with E-state index in [-0.39, 0.29) is 18.0 Å². The Morgan fingerprint density at radius 3 is 2.67 bits per heavy atom. The molecule has 0 bridgehead atoms. The molecule has 0 saturated heterocycles. The van der Waals surface area contributed by atoms with E-state index in [1.165, 1.54) is 13.2 Å². The number of benzene rings is 1. The first kappa shape index (κ1) is 17.6. The molecule has 0 radical (unpaired) electrons. The van der Waals surface area contributed by atoms with Crippen molar-refractivity contribution in [3.63, 3.8) is 0 Å². The van der Waals surface area contributed by atoms with Gasteiger partial charge in [0.15, 0.2) is 0 Å². The summed E-state index contributed by atoms with van der Waals surface area (Å²) in [6.45, 7) is 1.76. The van der Waals surface area contributed by atoms with E-state index in [0.29, 0.717) is 17.1 Å². The summed E-state index contributed by atoms with van der Waals surface area (Å²) in [5.74, 6) is -0.553. The van der Waals surface area contributed by atoms with E-state index in [1.807, 2.05) is 0 Å². The van der Waals surface area contributed by atoms with Crippen LogP contribution in [0.1, 0.15) is 36.5 Å². The average Bonchev–Trinajstić information content (AvgIpc) is 2.38. The predicted molar refractivity (Wildman–Crippen MR) is 75.8 cm³/mol. The highest BCUT2D eigenvalue weighted by Crippen LogP contribution is 2.25. The van der Waals surface area contributed by atoms with Crippen LogP contribution in [-0.2, 0) is 4.74 Å². The molecule has 1 unspecified atom stereocenters. The summed E-state index contributed by atoms with van der Waals surface area (Å²) >= 11 is 5.83. The molecule has 0 fully saturated rings. The summed E-state index contributed by atoms with van der Waals surface area (Å²) in [5, 5.41) is 3.39. The highest BCUT2D eigenvalue weighted by Gasteiger charge is 2.26. The summed E-state index contributed by atoms with van der Waals surface area (Å²) in [6, 6.07) is 4.45. The van der Waals surface area contributed by atoms with Crippen LogP contribution in [-0.4, -0.2) is 25.3 Å². The SMILES string of the molecule is COC(=O)c1cc(Cl)ccc1NC(C)CCCC(F)(F)F. The fourth-order valence-electron chi connectivity index (χ4n) is 1.87. The molecule has 1 aromatic rings. The predicted octanol–water partition coefficient (Wildman–Crippen LogP) is 4.66. The Morgan fingerprint density at radius 1 is 1.43 bits per heavy atom. The van der Waals surface area contributed by atoms with E-state index in [4.69, 9.17) is 11.6 Å². The maximum atomic E-state index is 12.1. The number of hydrogen-bond donors (Lipinski definition) is 1. The topological polar surface area (TPSA) is 38.3 Å². The van der Waals surface area contributed by atoms with Crippen LogP contribution < -0.4 is 5.32 Å². The quantitative estimate of drug-likeness (QED) is 0.774. The normalized spacial score (nSPS) is 12.9. The molecule has 0 heterocycles. The second-order valence-corrected chi connectivity index (χ2v) is 5.17. The Labute approximate surface area is 126 Å². The lowest BCUT2D eigenvalue weighted by Crippen LogP contribution is -2.19. The monoisotopic (exact) mass is 323 g/mol. The van der Waals surface area contributed by atoms with Gasteiger partial charge in [-0.2, -0.15) is 13.2 Å². The van der Waals surface area contributed by atoms with Crippen LogP contribution in [0.4, 0.5) is 18.9 Å². The van der Waals surface area contributed by atoms with Gasteiger partial charge in [0.25, 0.3) is 0 Å². The first-order valence-corrected chi connectivity index (χ1v) is 6.82. The molecule has 1 rings (SSSR count). The van der Waals surface area contributed by atoms with Gasteiger partial charge < -0.3 is 10.1 Å². The molecule has 3 nitrogen and oxygen atoms in total. The number of esters is 1. The lowest BCUT2D eigenvalue weighted by Gasteiger charge is -2.18. The van der Waals surface area contributed by atoms with Gasteiger partial charge in [0.1, 0.15) is 0 Å².